The monoisotopic (exact) mass is 258 g/mol. The van der Waals surface area contributed by atoms with Gasteiger partial charge in [-0.2, -0.15) is 0 Å². The summed E-state index contributed by atoms with van der Waals surface area (Å²) >= 11 is 0. The first-order valence-electron chi connectivity index (χ1n) is 8.60. The number of allylic oxidation sites excluding steroid dienone is 2. The molecule has 0 radical (unpaired) electrons. The van der Waals surface area contributed by atoms with E-state index in [1.807, 2.05) is 5.57 Å². The zero-order chi connectivity index (χ0) is 12.6. The van der Waals surface area contributed by atoms with Crippen molar-refractivity contribution in [2.75, 3.05) is 0 Å². The Kier molecular flexibility index (Phi) is 2.19. The zero-order valence-electron chi connectivity index (χ0n) is 12.1. The van der Waals surface area contributed by atoms with Crippen LogP contribution in [0.25, 0.3) is 0 Å². The van der Waals surface area contributed by atoms with Crippen molar-refractivity contribution in [2.24, 2.45) is 29.1 Å². The first kappa shape index (κ1) is 11.4. The van der Waals surface area contributed by atoms with Crippen LogP contribution in [-0.2, 0) is 4.74 Å². The molecule has 1 nitrogen and oxygen atoms in total. The molecule has 19 heavy (non-hydrogen) atoms. The van der Waals surface area contributed by atoms with E-state index in [0.29, 0.717) is 17.6 Å². The zero-order valence-corrected chi connectivity index (χ0v) is 12.1. The van der Waals surface area contributed by atoms with E-state index in [1.165, 1.54) is 51.4 Å². The number of rotatable bonds is 0. The van der Waals surface area contributed by atoms with Gasteiger partial charge in [-0.25, -0.2) is 0 Å². The predicted octanol–water partition coefficient (Wildman–Crippen LogP) is 4.33. The SMILES string of the molecule is C[C@]12CC=C3[C@@H](CCC4CC5OC5C[C@@H]34)[C@@H]1CCC2. The molecule has 0 aromatic carbocycles. The highest BCUT2D eigenvalue weighted by Gasteiger charge is 2.54. The highest BCUT2D eigenvalue weighted by atomic mass is 16.6. The van der Waals surface area contributed by atoms with Gasteiger partial charge in [0.05, 0.1) is 12.2 Å². The number of fused-ring (bicyclic) bond motifs is 6. The second-order valence-corrected chi connectivity index (χ2v) is 8.30. The molecule has 0 aromatic heterocycles. The van der Waals surface area contributed by atoms with E-state index in [4.69, 9.17) is 4.74 Å². The molecular weight excluding hydrogens is 232 g/mol. The van der Waals surface area contributed by atoms with Gasteiger partial charge >= 0.3 is 0 Å². The summed E-state index contributed by atoms with van der Waals surface area (Å²) in [5.74, 6) is 3.86. The van der Waals surface area contributed by atoms with Gasteiger partial charge in [0.25, 0.3) is 0 Å². The number of hydrogen-bond acceptors (Lipinski definition) is 1. The van der Waals surface area contributed by atoms with Crippen LogP contribution < -0.4 is 0 Å². The van der Waals surface area contributed by atoms with Gasteiger partial charge in [-0.15, -0.1) is 0 Å². The average Bonchev–Trinajstić information content (AvgIpc) is 3.05. The van der Waals surface area contributed by atoms with Crippen molar-refractivity contribution in [1.29, 1.82) is 0 Å². The van der Waals surface area contributed by atoms with Crippen LogP contribution in [0.1, 0.15) is 58.3 Å². The quantitative estimate of drug-likeness (QED) is 0.465. The molecule has 1 saturated heterocycles. The Morgan fingerprint density at radius 3 is 2.95 bits per heavy atom. The third-order valence-electron chi connectivity index (χ3n) is 7.43. The van der Waals surface area contributed by atoms with Gasteiger partial charge in [-0.3, -0.25) is 0 Å². The van der Waals surface area contributed by atoms with Crippen molar-refractivity contribution in [3.8, 4) is 0 Å². The lowest BCUT2D eigenvalue weighted by molar-refractivity contribution is 0.0988. The van der Waals surface area contributed by atoms with Gasteiger partial charge in [-0.05, 0) is 74.0 Å². The molecule has 1 aliphatic heterocycles. The first-order chi connectivity index (χ1) is 9.24. The van der Waals surface area contributed by atoms with Crippen molar-refractivity contribution in [1.82, 2.24) is 0 Å². The maximum atomic E-state index is 5.83. The third kappa shape index (κ3) is 1.51. The molecule has 3 saturated carbocycles. The van der Waals surface area contributed by atoms with E-state index in [0.717, 1.165) is 23.7 Å². The van der Waals surface area contributed by atoms with Crippen molar-refractivity contribution < 1.29 is 4.74 Å². The van der Waals surface area contributed by atoms with Crippen LogP contribution in [0.15, 0.2) is 11.6 Å². The number of hydrogen-bond donors (Lipinski definition) is 0. The summed E-state index contributed by atoms with van der Waals surface area (Å²) in [6.45, 7) is 2.57. The summed E-state index contributed by atoms with van der Waals surface area (Å²) in [5, 5.41) is 0. The minimum Gasteiger partial charge on any atom is -0.370 e. The fraction of sp³-hybridized carbons (Fsp3) is 0.889. The lowest BCUT2D eigenvalue weighted by atomic mass is 9.55. The van der Waals surface area contributed by atoms with Gasteiger partial charge in [0.15, 0.2) is 0 Å². The van der Waals surface area contributed by atoms with E-state index >= 15 is 0 Å². The summed E-state index contributed by atoms with van der Waals surface area (Å²) < 4.78 is 5.83. The van der Waals surface area contributed by atoms with Crippen LogP contribution in [-0.4, -0.2) is 12.2 Å². The minimum atomic E-state index is 0.651. The second kappa shape index (κ2) is 3.67. The van der Waals surface area contributed by atoms with E-state index in [-0.39, 0.29) is 0 Å². The normalized spacial score (nSPS) is 58.5. The number of epoxide rings is 1. The molecule has 5 aliphatic rings. The van der Waals surface area contributed by atoms with Crippen molar-refractivity contribution >= 4 is 0 Å². The summed E-state index contributed by atoms with van der Waals surface area (Å²) in [6.07, 6.45) is 15.6. The molecule has 104 valence electrons. The van der Waals surface area contributed by atoms with Crippen molar-refractivity contribution in [2.45, 2.75) is 70.5 Å². The molecular formula is C18H26O. The Bertz CT molecular complexity index is 439. The van der Waals surface area contributed by atoms with Gasteiger partial charge in [0.1, 0.15) is 0 Å². The van der Waals surface area contributed by atoms with E-state index < -0.39 is 0 Å². The Labute approximate surface area is 116 Å². The van der Waals surface area contributed by atoms with Gasteiger partial charge < -0.3 is 4.74 Å². The molecule has 0 N–H and O–H groups in total. The fourth-order valence-corrected chi connectivity index (χ4v) is 6.35. The first-order valence-corrected chi connectivity index (χ1v) is 8.60. The van der Waals surface area contributed by atoms with Crippen LogP contribution in [0.4, 0.5) is 0 Å². The van der Waals surface area contributed by atoms with Crippen LogP contribution in [0.3, 0.4) is 0 Å². The molecule has 7 atom stereocenters. The minimum absolute atomic E-state index is 0.651. The summed E-state index contributed by atoms with van der Waals surface area (Å²) in [7, 11) is 0. The van der Waals surface area contributed by atoms with E-state index in [2.05, 4.69) is 13.0 Å². The fourth-order valence-electron chi connectivity index (χ4n) is 6.35. The molecule has 0 aromatic rings. The third-order valence-corrected chi connectivity index (χ3v) is 7.43. The molecule has 4 aliphatic carbocycles. The predicted molar refractivity (Wildman–Crippen MR) is 75.7 cm³/mol. The Morgan fingerprint density at radius 2 is 2.00 bits per heavy atom. The summed E-state index contributed by atoms with van der Waals surface area (Å²) in [4.78, 5) is 0. The molecule has 0 bridgehead atoms. The number of ether oxygens (including phenoxy) is 1. The maximum absolute atomic E-state index is 5.83. The van der Waals surface area contributed by atoms with Crippen LogP contribution in [0.2, 0.25) is 0 Å². The van der Waals surface area contributed by atoms with Crippen molar-refractivity contribution in [3.05, 3.63) is 11.6 Å². The molecule has 1 heterocycles. The molecule has 4 fully saturated rings. The lowest BCUT2D eigenvalue weighted by Crippen LogP contribution is -2.41. The standard InChI is InChI=1S/C18H26O/c1-18-7-2-3-15(18)13-5-4-11-9-16-17(19-16)10-14(11)12(13)6-8-18/h6,11,13-17H,2-5,7-10H2,1H3/t11?,13-,14-,15+,16?,17?,18+/m1/s1. The van der Waals surface area contributed by atoms with E-state index in [1.54, 1.807) is 0 Å². The molecule has 1 heteroatoms. The van der Waals surface area contributed by atoms with Crippen LogP contribution in [0.5, 0.6) is 0 Å². The van der Waals surface area contributed by atoms with Gasteiger partial charge in [-0.1, -0.05) is 25.0 Å². The topological polar surface area (TPSA) is 12.5 Å². The Morgan fingerprint density at radius 1 is 1.11 bits per heavy atom. The van der Waals surface area contributed by atoms with Gasteiger partial charge in [0, 0.05) is 0 Å². The summed E-state index contributed by atoms with van der Waals surface area (Å²) in [5.41, 5.74) is 2.56. The molecule has 0 spiro atoms. The lowest BCUT2D eigenvalue weighted by Gasteiger charge is -2.49. The molecule has 5 rings (SSSR count). The van der Waals surface area contributed by atoms with Crippen LogP contribution >= 0.6 is 0 Å². The maximum Gasteiger partial charge on any atom is 0.0847 e. The Hall–Kier alpha value is -0.300. The van der Waals surface area contributed by atoms with E-state index in [9.17, 15) is 0 Å². The van der Waals surface area contributed by atoms with Crippen molar-refractivity contribution in [3.63, 3.8) is 0 Å². The van der Waals surface area contributed by atoms with Gasteiger partial charge in [0.2, 0.25) is 0 Å². The molecule has 3 unspecified atom stereocenters. The smallest absolute Gasteiger partial charge is 0.0847 e. The Balaban J connectivity index is 1.49. The highest BCUT2D eigenvalue weighted by molar-refractivity contribution is 5.25. The summed E-state index contributed by atoms with van der Waals surface area (Å²) in [6, 6.07) is 0. The van der Waals surface area contributed by atoms with Crippen LogP contribution in [0, 0.1) is 29.1 Å². The molecule has 0 amide bonds. The average molecular weight is 258 g/mol. The highest BCUT2D eigenvalue weighted by Crippen LogP contribution is 2.61. The largest absolute Gasteiger partial charge is 0.370 e. The second-order valence-electron chi connectivity index (χ2n) is 8.30.